The molecule has 1 unspecified atom stereocenters. The maximum atomic E-state index is 13.4. The van der Waals surface area contributed by atoms with Crippen LogP contribution in [0.4, 0.5) is 5.69 Å². The highest BCUT2D eigenvalue weighted by Crippen LogP contribution is 2.51. The number of amides is 1. The Balaban J connectivity index is 1.86. The number of hydrogen-bond donors (Lipinski definition) is 1. The first-order valence-corrected chi connectivity index (χ1v) is 9.12. The summed E-state index contributed by atoms with van der Waals surface area (Å²) in [5.74, 6) is -0.696. The second kappa shape index (κ2) is 5.69. The van der Waals surface area contributed by atoms with Gasteiger partial charge in [0.05, 0.1) is 6.04 Å². The Hall–Kier alpha value is -3.12. The molecule has 1 N–H and O–H groups in total. The van der Waals surface area contributed by atoms with Gasteiger partial charge >= 0.3 is 5.63 Å². The largest absolute Gasteiger partial charge is 0.506 e. The molecule has 2 heterocycles. The van der Waals surface area contributed by atoms with E-state index < -0.39 is 23.3 Å². The smallest absolute Gasteiger partial charge is 0.354 e. The summed E-state index contributed by atoms with van der Waals surface area (Å²) in [5.41, 5.74) is 2.53. The van der Waals surface area contributed by atoms with E-state index in [0.29, 0.717) is 11.3 Å². The van der Waals surface area contributed by atoms with Crippen LogP contribution in [0.25, 0.3) is 11.6 Å². The van der Waals surface area contributed by atoms with E-state index in [2.05, 4.69) is 15.9 Å². The fourth-order valence-corrected chi connectivity index (χ4v) is 4.05. The number of anilines is 1. The molecule has 0 spiro atoms. The summed E-state index contributed by atoms with van der Waals surface area (Å²) < 4.78 is 5.28. The summed E-state index contributed by atoms with van der Waals surface area (Å²) in [6.07, 6.45) is 1.90. The second-order valence-electron chi connectivity index (χ2n) is 6.40. The fraction of sp³-hybridized carbons (Fsp3) is 0.0476. The first-order valence-electron chi connectivity index (χ1n) is 8.33. The highest BCUT2D eigenvalue weighted by Gasteiger charge is 2.45. The molecule has 0 bridgehead atoms. The van der Waals surface area contributed by atoms with Crippen LogP contribution in [0.5, 0.6) is 5.75 Å². The van der Waals surface area contributed by atoms with Crippen LogP contribution in [0.1, 0.15) is 33.3 Å². The van der Waals surface area contributed by atoms with Crippen molar-refractivity contribution in [2.45, 2.75) is 6.04 Å². The molecular formula is C21H12BrNO4. The van der Waals surface area contributed by atoms with E-state index in [1.54, 1.807) is 4.90 Å². The molecule has 132 valence electrons. The molecule has 1 aliphatic carbocycles. The van der Waals surface area contributed by atoms with Gasteiger partial charge in [-0.15, -0.1) is 0 Å². The maximum Gasteiger partial charge on any atom is 0.354 e. The van der Waals surface area contributed by atoms with Gasteiger partial charge in [0, 0.05) is 11.3 Å². The van der Waals surface area contributed by atoms with Crippen LogP contribution in [-0.4, -0.2) is 11.0 Å². The van der Waals surface area contributed by atoms with Crippen LogP contribution < -0.4 is 10.5 Å². The van der Waals surface area contributed by atoms with E-state index in [1.165, 1.54) is 0 Å². The van der Waals surface area contributed by atoms with Crippen molar-refractivity contribution < 1.29 is 14.3 Å². The standard InChI is InChI=1S/C21H12BrNO4/c22-16-18(24)15-19(27-21(16)26)14-10-11-6-4-5-9-13(11)17(14)23(20(15)25)12-7-2-1-3-8-12/h1-10,17,24H. The van der Waals surface area contributed by atoms with Crippen LogP contribution in [0.3, 0.4) is 0 Å². The van der Waals surface area contributed by atoms with Crippen molar-refractivity contribution >= 4 is 39.2 Å². The van der Waals surface area contributed by atoms with Gasteiger partial charge in [-0.2, -0.15) is 0 Å². The monoisotopic (exact) mass is 421 g/mol. The number of aromatic hydroxyl groups is 1. The van der Waals surface area contributed by atoms with Crippen molar-refractivity contribution in [3.05, 3.63) is 91.9 Å². The molecule has 1 atom stereocenters. The van der Waals surface area contributed by atoms with E-state index in [1.807, 2.05) is 60.7 Å². The topological polar surface area (TPSA) is 70.8 Å². The Labute approximate surface area is 162 Å². The predicted octanol–water partition coefficient (Wildman–Crippen LogP) is 4.36. The minimum Gasteiger partial charge on any atom is -0.506 e. The number of rotatable bonds is 1. The van der Waals surface area contributed by atoms with Crippen molar-refractivity contribution in [1.82, 2.24) is 0 Å². The normalized spacial score (nSPS) is 17.2. The van der Waals surface area contributed by atoms with E-state index in [4.69, 9.17) is 4.42 Å². The number of hydrogen-bond acceptors (Lipinski definition) is 4. The number of carbonyl (C=O) groups excluding carboxylic acids is 1. The molecule has 1 amide bonds. The van der Waals surface area contributed by atoms with Crippen molar-refractivity contribution in [2.24, 2.45) is 0 Å². The summed E-state index contributed by atoms with van der Waals surface area (Å²) in [4.78, 5) is 27.1. The summed E-state index contributed by atoms with van der Waals surface area (Å²) in [7, 11) is 0. The SMILES string of the molecule is O=C1c2c(oc(=O)c(Br)c2O)C2=Cc3ccccc3C2N1c1ccccc1. The number of benzene rings is 2. The molecule has 27 heavy (non-hydrogen) atoms. The molecule has 6 heteroatoms. The van der Waals surface area contributed by atoms with Gasteiger partial charge < -0.3 is 9.52 Å². The highest BCUT2D eigenvalue weighted by atomic mass is 79.9. The van der Waals surface area contributed by atoms with Gasteiger partial charge in [0.15, 0.2) is 11.5 Å². The van der Waals surface area contributed by atoms with Crippen LogP contribution in [0, 0.1) is 0 Å². The summed E-state index contributed by atoms with van der Waals surface area (Å²) in [6, 6.07) is 16.6. The first kappa shape index (κ1) is 16.1. The average molecular weight is 422 g/mol. The molecule has 0 saturated carbocycles. The van der Waals surface area contributed by atoms with E-state index in [9.17, 15) is 14.7 Å². The van der Waals surface area contributed by atoms with Gasteiger partial charge in [-0.3, -0.25) is 9.69 Å². The minimum absolute atomic E-state index is 0.0133. The van der Waals surface area contributed by atoms with Crippen LogP contribution in [-0.2, 0) is 0 Å². The summed E-state index contributed by atoms with van der Waals surface area (Å²) in [6.45, 7) is 0. The molecular weight excluding hydrogens is 410 g/mol. The quantitative estimate of drug-likeness (QED) is 0.633. The van der Waals surface area contributed by atoms with Crippen molar-refractivity contribution in [3.8, 4) is 5.75 Å². The van der Waals surface area contributed by atoms with Crippen molar-refractivity contribution in [3.63, 3.8) is 0 Å². The van der Waals surface area contributed by atoms with Crippen LogP contribution in [0.2, 0.25) is 0 Å². The van der Waals surface area contributed by atoms with Crippen LogP contribution in [0.15, 0.2) is 68.3 Å². The number of para-hydroxylation sites is 1. The Morgan fingerprint density at radius 2 is 1.70 bits per heavy atom. The maximum absolute atomic E-state index is 13.4. The molecule has 0 radical (unpaired) electrons. The average Bonchev–Trinajstić information content (AvgIpc) is 3.06. The Morgan fingerprint density at radius 1 is 1.00 bits per heavy atom. The third-order valence-electron chi connectivity index (χ3n) is 4.93. The Morgan fingerprint density at radius 3 is 2.48 bits per heavy atom. The molecule has 0 saturated heterocycles. The summed E-state index contributed by atoms with van der Waals surface area (Å²) >= 11 is 3.02. The minimum atomic E-state index is -0.720. The molecule has 5 nitrogen and oxygen atoms in total. The number of halogens is 1. The number of carbonyl (C=O) groups is 1. The lowest BCUT2D eigenvalue weighted by atomic mass is 9.91. The van der Waals surface area contributed by atoms with Crippen molar-refractivity contribution in [2.75, 3.05) is 4.90 Å². The zero-order chi connectivity index (χ0) is 18.7. The zero-order valence-corrected chi connectivity index (χ0v) is 15.4. The molecule has 5 rings (SSSR count). The van der Waals surface area contributed by atoms with Crippen LogP contribution >= 0.6 is 15.9 Å². The molecule has 3 aromatic rings. The number of nitrogens with zero attached hydrogens (tertiary/aromatic N) is 1. The fourth-order valence-electron chi connectivity index (χ4n) is 3.77. The third kappa shape index (κ3) is 2.16. The predicted molar refractivity (Wildman–Crippen MR) is 105 cm³/mol. The van der Waals surface area contributed by atoms with Gasteiger partial charge in [0.1, 0.15) is 10.0 Å². The lowest BCUT2D eigenvalue weighted by molar-refractivity contribution is 0.0970. The lowest BCUT2D eigenvalue weighted by Gasteiger charge is -2.36. The highest BCUT2D eigenvalue weighted by molar-refractivity contribution is 9.10. The molecule has 0 fully saturated rings. The summed E-state index contributed by atoms with van der Waals surface area (Å²) in [5, 5.41) is 10.5. The Kier molecular flexibility index (Phi) is 3.39. The Bertz CT molecular complexity index is 1200. The van der Waals surface area contributed by atoms with Crippen molar-refractivity contribution in [1.29, 1.82) is 0 Å². The first-order chi connectivity index (χ1) is 13.1. The second-order valence-corrected chi connectivity index (χ2v) is 7.19. The van der Waals surface area contributed by atoms with Gasteiger partial charge in [0.25, 0.3) is 5.91 Å². The van der Waals surface area contributed by atoms with E-state index >= 15 is 0 Å². The van der Waals surface area contributed by atoms with Gasteiger partial charge in [0.2, 0.25) is 0 Å². The third-order valence-corrected chi connectivity index (χ3v) is 5.63. The zero-order valence-electron chi connectivity index (χ0n) is 13.8. The molecule has 1 aromatic heterocycles. The van der Waals surface area contributed by atoms with Gasteiger partial charge in [-0.1, -0.05) is 42.5 Å². The molecule has 2 aliphatic rings. The van der Waals surface area contributed by atoms with Gasteiger partial charge in [-0.25, -0.2) is 4.79 Å². The van der Waals surface area contributed by atoms with E-state index in [-0.39, 0.29) is 15.8 Å². The number of fused-ring (bicyclic) bond motifs is 5. The molecule has 2 aromatic carbocycles. The van der Waals surface area contributed by atoms with Gasteiger partial charge in [-0.05, 0) is 45.3 Å². The van der Waals surface area contributed by atoms with E-state index in [0.717, 1.165) is 11.1 Å². The molecule has 1 aliphatic heterocycles. The lowest BCUT2D eigenvalue weighted by Crippen LogP contribution is -2.39.